The number of amides is 2. The summed E-state index contributed by atoms with van der Waals surface area (Å²) in [6.07, 6.45) is 0. The maximum absolute atomic E-state index is 12.9. The van der Waals surface area contributed by atoms with Crippen LogP contribution in [0.5, 0.6) is 11.5 Å². The van der Waals surface area contributed by atoms with E-state index in [9.17, 15) is 9.59 Å². The molecule has 166 valence electrons. The van der Waals surface area contributed by atoms with Gasteiger partial charge in [-0.25, -0.2) is 4.98 Å². The summed E-state index contributed by atoms with van der Waals surface area (Å²) in [5.74, 6) is 0.861. The van der Waals surface area contributed by atoms with E-state index in [-0.39, 0.29) is 23.2 Å². The highest BCUT2D eigenvalue weighted by Crippen LogP contribution is 2.21. The first-order chi connectivity index (χ1) is 15.4. The Hall–Kier alpha value is -3.87. The molecule has 2 amide bonds. The van der Waals surface area contributed by atoms with Crippen LogP contribution in [0.25, 0.3) is 0 Å². The molecule has 0 unspecified atom stereocenters. The van der Waals surface area contributed by atoms with Gasteiger partial charge in [-0.3, -0.25) is 9.59 Å². The number of carbonyl (C=O) groups excluding carboxylic acids is 2. The van der Waals surface area contributed by atoms with E-state index in [1.165, 1.54) is 0 Å². The van der Waals surface area contributed by atoms with E-state index in [0.717, 1.165) is 11.1 Å². The van der Waals surface area contributed by atoms with Crippen LogP contribution in [-0.2, 0) is 13.1 Å². The van der Waals surface area contributed by atoms with Crippen molar-refractivity contribution in [2.75, 3.05) is 28.3 Å². The lowest BCUT2D eigenvalue weighted by molar-refractivity contribution is 0.0771. The summed E-state index contributed by atoms with van der Waals surface area (Å²) in [4.78, 5) is 33.3. The van der Waals surface area contributed by atoms with Gasteiger partial charge in [0, 0.05) is 38.3 Å². The van der Waals surface area contributed by atoms with Crippen LogP contribution in [0, 0.1) is 0 Å². The Morgan fingerprint density at radius 1 is 0.688 bits per heavy atom. The summed E-state index contributed by atoms with van der Waals surface area (Å²) in [6, 6.07) is 19.9. The van der Waals surface area contributed by atoms with Gasteiger partial charge in [-0.2, -0.15) is 0 Å². The molecule has 32 heavy (non-hydrogen) atoms. The van der Waals surface area contributed by atoms with Gasteiger partial charge in [0.1, 0.15) is 22.9 Å². The zero-order valence-electron chi connectivity index (χ0n) is 18.7. The van der Waals surface area contributed by atoms with Crippen LogP contribution in [0.15, 0.2) is 66.7 Å². The van der Waals surface area contributed by atoms with Crippen molar-refractivity contribution in [2.45, 2.75) is 13.1 Å². The molecule has 0 saturated carbocycles. The molecule has 0 bridgehead atoms. The van der Waals surface area contributed by atoms with Gasteiger partial charge in [0.25, 0.3) is 11.8 Å². The predicted molar refractivity (Wildman–Crippen MR) is 122 cm³/mol. The van der Waals surface area contributed by atoms with Crippen molar-refractivity contribution < 1.29 is 19.1 Å². The highest BCUT2D eigenvalue weighted by Gasteiger charge is 2.19. The number of rotatable bonds is 8. The molecule has 0 N–H and O–H groups in total. The van der Waals surface area contributed by atoms with Crippen LogP contribution in [0.3, 0.4) is 0 Å². The zero-order chi connectivity index (χ0) is 23.1. The molecule has 0 saturated heterocycles. The van der Waals surface area contributed by atoms with E-state index in [1.54, 1.807) is 56.3 Å². The Morgan fingerprint density at radius 2 is 1.09 bits per heavy atom. The van der Waals surface area contributed by atoms with Crippen LogP contribution >= 0.6 is 0 Å². The average Bonchev–Trinajstić information content (AvgIpc) is 2.83. The summed E-state index contributed by atoms with van der Waals surface area (Å²) < 4.78 is 10.7. The molecule has 3 rings (SSSR count). The van der Waals surface area contributed by atoms with Gasteiger partial charge >= 0.3 is 0 Å². The number of hydrogen-bond donors (Lipinski definition) is 0. The van der Waals surface area contributed by atoms with E-state index in [0.29, 0.717) is 24.6 Å². The zero-order valence-corrected chi connectivity index (χ0v) is 18.7. The second-order valence-corrected chi connectivity index (χ2v) is 7.35. The van der Waals surface area contributed by atoms with Crippen LogP contribution in [0.1, 0.15) is 32.1 Å². The van der Waals surface area contributed by atoms with Gasteiger partial charge in [0.05, 0.1) is 14.2 Å². The van der Waals surface area contributed by atoms with Crippen molar-refractivity contribution in [3.8, 4) is 11.5 Å². The molecule has 1 aromatic heterocycles. The number of nitrogens with zero attached hydrogens (tertiary/aromatic N) is 3. The summed E-state index contributed by atoms with van der Waals surface area (Å²) >= 11 is 0. The monoisotopic (exact) mass is 433 g/mol. The predicted octanol–water partition coefficient (Wildman–Crippen LogP) is 3.64. The van der Waals surface area contributed by atoms with Gasteiger partial charge in [-0.1, -0.05) is 42.5 Å². The fourth-order valence-electron chi connectivity index (χ4n) is 3.39. The summed E-state index contributed by atoms with van der Waals surface area (Å²) in [6.45, 7) is 0.715. The Bertz CT molecular complexity index is 1020. The number of ether oxygens (including phenoxy) is 2. The number of pyridine rings is 1. The maximum atomic E-state index is 12.9. The van der Waals surface area contributed by atoms with Crippen LogP contribution in [0.4, 0.5) is 0 Å². The maximum Gasteiger partial charge on any atom is 0.272 e. The quantitative estimate of drug-likeness (QED) is 0.542. The van der Waals surface area contributed by atoms with Crippen molar-refractivity contribution in [1.82, 2.24) is 14.8 Å². The van der Waals surface area contributed by atoms with E-state index in [1.807, 2.05) is 48.5 Å². The number of hydrogen-bond acceptors (Lipinski definition) is 5. The normalized spacial score (nSPS) is 10.4. The fourth-order valence-corrected chi connectivity index (χ4v) is 3.39. The van der Waals surface area contributed by atoms with E-state index in [4.69, 9.17) is 9.47 Å². The molecule has 0 spiro atoms. The first-order valence-corrected chi connectivity index (χ1v) is 10.2. The van der Waals surface area contributed by atoms with Crippen molar-refractivity contribution in [1.29, 1.82) is 0 Å². The topological polar surface area (TPSA) is 72.0 Å². The summed E-state index contributed by atoms with van der Waals surface area (Å²) in [5.41, 5.74) is 2.18. The lowest BCUT2D eigenvalue weighted by Crippen LogP contribution is -2.30. The van der Waals surface area contributed by atoms with E-state index >= 15 is 0 Å². The number of carbonyl (C=O) groups is 2. The number of methoxy groups -OCH3 is 2. The Morgan fingerprint density at radius 3 is 1.50 bits per heavy atom. The van der Waals surface area contributed by atoms with Crippen molar-refractivity contribution in [3.63, 3.8) is 0 Å². The third-order valence-corrected chi connectivity index (χ3v) is 5.08. The lowest BCUT2D eigenvalue weighted by atomic mass is 10.1. The summed E-state index contributed by atoms with van der Waals surface area (Å²) in [7, 11) is 6.58. The molecule has 1 heterocycles. The van der Waals surface area contributed by atoms with Crippen LogP contribution in [0.2, 0.25) is 0 Å². The summed E-state index contributed by atoms with van der Waals surface area (Å²) in [5, 5.41) is 0. The average molecular weight is 434 g/mol. The van der Waals surface area contributed by atoms with Crippen LogP contribution < -0.4 is 9.47 Å². The van der Waals surface area contributed by atoms with Gasteiger partial charge < -0.3 is 19.3 Å². The molecule has 0 fully saturated rings. The number of para-hydroxylation sites is 2. The van der Waals surface area contributed by atoms with E-state index in [2.05, 4.69) is 4.98 Å². The molecule has 0 radical (unpaired) electrons. The molecule has 7 heteroatoms. The van der Waals surface area contributed by atoms with Crippen molar-refractivity contribution >= 4 is 11.8 Å². The highest BCUT2D eigenvalue weighted by atomic mass is 16.5. The minimum absolute atomic E-state index is 0.207. The first-order valence-electron chi connectivity index (χ1n) is 10.2. The molecule has 7 nitrogen and oxygen atoms in total. The number of aromatic nitrogens is 1. The standard InChI is InChI=1S/C25H27N3O4/c1-27(16-18-10-5-7-14-22(18)31-3)24(29)20-12-9-13-21(26-20)25(30)28(2)17-19-11-6-8-15-23(19)32-4/h5-15H,16-17H2,1-4H3. The van der Waals surface area contributed by atoms with E-state index < -0.39 is 0 Å². The first kappa shape index (κ1) is 22.8. The minimum atomic E-state index is -0.280. The molecule has 0 aliphatic rings. The minimum Gasteiger partial charge on any atom is -0.496 e. The second kappa shape index (κ2) is 10.4. The Kier molecular flexibility index (Phi) is 7.44. The molecule has 2 aromatic carbocycles. The van der Waals surface area contributed by atoms with Gasteiger partial charge in [0.15, 0.2) is 0 Å². The SMILES string of the molecule is COc1ccccc1CN(C)C(=O)c1cccc(C(=O)N(C)Cc2ccccc2OC)n1. The third kappa shape index (κ3) is 5.24. The van der Waals surface area contributed by atoms with Gasteiger partial charge in [-0.05, 0) is 24.3 Å². The highest BCUT2D eigenvalue weighted by molar-refractivity contribution is 5.96. The van der Waals surface area contributed by atoms with Crippen molar-refractivity contribution in [2.24, 2.45) is 0 Å². The number of benzene rings is 2. The van der Waals surface area contributed by atoms with Gasteiger partial charge in [0.2, 0.25) is 0 Å². The second-order valence-electron chi connectivity index (χ2n) is 7.35. The molecule has 0 aliphatic carbocycles. The van der Waals surface area contributed by atoms with Crippen LogP contribution in [-0.4, -0.2) is 54.9 Å². The largest absolute Gasteiger partial charge is 0.496 e. The van der Waals surface area contributed by atoms with Crippen molar-refractivity contribution in [3.05, 3.63) is 89.2 Å². The molecule has 0 atom stereocenters. The Balaban J connectivity index is 1.73. The third-order valence-electron chi connectivity index (χ3n) is 5.08. The smallest absolute Gasteiger partial charge is 0.272 e. The molecule has 0 aliphatic heterocycles. The molecule has 3 aromatic rings. The molecular formula is C25H27N3O4. The Labute approximate surface area is 188 Å². The fraction of sp³-hybridized carbons (Fsp3) is 0.240. The molecular weight excluding hydrogens is 406 g/mol. The lowest BCUT2D eigenvalue weighted by Gasteiger charge is -2.20. The van der Waals surface area contributed by atoms with Gasteiger partial charge in [-0.15, -0.1) is 0 Å².